The zero-order valence-electron chi connectivity index (χ0n) is 15.6. The van der Waals surface area contributed by atoms with Crippen molar-refractivity contribution in [1.29, 1.82) is 0 Å². The Labute approximate surface area is 159 Å². The number of ether oxygens (including phenoxy) is 2. The molecule has 0 fully saturated rings. The lowest BCUT2D eigenvalue weighted by atomic mass is 10.1. The molecule has 5 heteroatoms. The molecule has 1 aromatic heterocycles. The van der Waals surface area contributed by atoms with E-state index in [4.69, 9.17) is 26.1 Å². The number of nitrogens with zero attached hydrogens (tertiary/aromatic N) is 2. The molecular weight excluding hydrogens is 348 g/mol. The Hall–Kier alpha value is -2.04. The second kappa shape index (κ2) is 8.56. The molecule has 2 aromatic carbocycles. The van der Waals surface area contributed by atoms with E-state index in [9.17, 15) is 0 Å². The van der Waals surface area contributed by atoms with Crippen LogP contribution in [-0.4, -0.2) is 22.8 Å². The van der Waals surface area contributed by atoms with Crippen LogP contribution < -0.4 is 4.74 Å². The largest absolute Gasteiger partial charge is 0.485 e. The number of aryl methyl sites for hydroxylation is 3. The fraction of sp³-hybridized carbons (Fsp3) is 0.381. The van der Waals surface area contributed by atoms with E-state index < -0.39 is 0 Å². The number of hydrogen-bond acceptors (Lipinski definition) is 3. The maximum Gasteiger partial charge on any atom is 0.148 e. The first-order chi connectivity index (χ1) is 12.6. The number of halogens is 1. The van der Waals surface area contributed by atoms with Gasteiger partial charge >= 0.3 is 0 Å². The molecule has 0 aliphatic heterocycles. The van der Waals surface area contributed by atoms with E-state index in [0.29, 0.717) is 11.6 Å². The molecule has 0 aliphatic rings. The number of imidazole rings is 1. The molecule has 3 rings (SSSR count). The number of rotatable bonds is 8. The number of aromatic nitrogens is 2. The third-order valence-electron chi connectivity index (χ3n) is 4.35. The summed E-state index contributed by atoms with van der Waals surface area (Å²) in [6.07, 6.45) is 0.929. The maximum absolute atomic E-state index is 6.13. The highest BCUT2D eigenvalue weighted by Crippen LogP contribution is 2.24. The smallest absolute Gasteiger partial charge is 0.148 e. The summed E-state index contributed by atoms with van der Waals surface area (Å²) in [5, 5.41) is 0.693. The first kappa shape index (κ1) is 18.7. The van der Waals surface area contributed by atoms with Gasteiger partial charge in [0.2, 0.25) is 0 Å². The summed E-state index contributed by atoms with van der Waals surface area (Å²) in [6, 6.07) is 12.0. The Morgan fingerprint density at radius 3 is 2.73 bits per heavy atom. The average molecular weight is 373 g/mol. The topological polar surface area (TPSA) is 36.3 Å². The summed E-state index contributed by atoms with van der Waals surface area (Å²) in [6.45, 7) is 8.89. The molecule has 0 N–H and O–H groups in total. The van der Waals surface area contributed by atoms with Gasteiger partial charge in [0.15, 0.2) is 0 Å². The van der Waals surface area contributed by atoms with E-state index in [-0.39, 0.29) is 0 Å². The maximum atomic E-state index is 6.13. The second-order valence-electron chi connectivity index (χ2n) is 6.42. The van der Waals surface area contributed by atoms with Crippen LogP contribution in [0.15, 0.2) is 36.4 Å². The van der Waals surface area contributed by atoms with Crippen LogP contribution in [0.3, 0.4) is 0 Å². The summed E-state index contributed by atoms with van der Waals surface area (Å²) < 4.78 is 13.7. The Morgan fingerprint density at radius 2 is 1.96 bits per heavy atom. The summed E-state index contributed by atoms with van der Waals surface area (Å²) in [4.78, 5) is 4.75. The van der Waals surface area contributed by atoms with Crippen molar-refractivity contribution in [1.82, 2.24) is 9.55 Å². The summed E-state index contributed by atoms with van der Waals surface area (Å²) >= 11 is 6.13. The highest BCUT2D eigenvalue weighted by atomic mass is 35.5. The van der Waals surface area contributed by atoms with Gasteiger partial charge in [-0.05, 0) is 57.0 Å². The van der Waals surface area contributed by atoms with Crippen LogP contribution in [-0.2, 0) is 17.9 Å². The van der Waals surface area contributed by atoms with Crippen LogP contribution >= 0.6 is 11.6 Å². The first-order valence-electron chi connectivity index (χ1n) is 9.01. The van der Waals surface area contributed by atoms with E-state index in [0.717, 1.165) is 54.4 Å². The van der Waals surface area contributed by atoms with Crippen LogP contribution in [0.2, 0.25) is 5.02 Å². The highest BCUT2D eigenvalue weighted by molar-refractivity contribution is 6.31. The molecule has 0 saturated heterocycles. The van der Waals surface area contributed by atoms with Gasteiger partial charge < -0.3 is 14.0 Å². The zero-order chi connectivity index (χ0) is 18.5. The minimum Gasteiger partial charge on any atom is -0.485 e. The lowest BCUT2D eigenvalue weighted by Crippen LogP contribution is -2.09. The Bertz CT molecular complexity index is 889. The zero-order valence-corrected chi connectivity index (χ0v) is 16.3. The SMILES string of the molecule is CCOCCCn1c(COc2ccc(C)cc2C)nc2cc(Cl)ccc21. The molecule has 0 atom stereocenters. The van der Waals surface area contributed by atoms with Crippen LogP contribution in [0, 0.1) is 13.8 Å². The molecule has 0 amide bonds. The number of benzene rings is 2. The van der Waals surface area contributed by atoms with Gasteiger partial charge in [-0.25, -0.2) is 4.98 Å². The van der Waals surface area contributed by atoms with Crippen molar-refractivity contribution in [2.75, 3.05) is 13.2 Å². The Balaban J connectivity index is 1.83. The molecule has 1 heterocycles. The van der Waals surface area contributed by atoms with Gasteiger partial charge in [0, 0.05) is 24.8 Å². The minimum atomic E-state index is 0.421. The summed E-state index contributed by atoms with van der Waals surface area (Å²) in [7, 11) is 0. The normalized spacial score (nSPS) is 11.2. The van der Waals surface area contributed by atoms with Gasteiger partial charge in [0.1, 0.15) is 18.2 Å². The van der Waals surface area contributed by atoms with E-state index in [1.54, 1.807) is 0 Å². The standard InChI is InChI=1S/C21H25ClN2O2/c1-4-25-11-5-10-24-19-8-7-17(22)13-18(19)23-21(24)14-26-20-9-6-15(2)12-16(20)3/h6-9,12-13H,4-5,10-11,14H2,1-3H3. The van der Waals surface area contributed by atoms with E-state index in [2.05, 4.69) is 30.5 Å². The molecular formula is C21H25ClN2O2. The van der Waals surface area contributed by atoms with Crippen LogP contribution in [0.1, 0.15) is 30.3 Å². The molecule has 0 bridgehead atoms. The van der Waals surface area contributed by atoms with Gasteiger partial charge in [-0.15, -0.1) is 0 Å². The fourth-order valence-electron chi connectivity index (χ4n) is 3.09. The molecule has 0 unspecified atom stereocenters. The minimum absolute atomic E-state index is 0.421. The molecule has 3 aromatic rings. The van der Waals surface area contributed by atoms with Crippen molar-refractivity contribution < 1.29 is 9.47 Å². The molecule has 0 spiro atoms. The Kier molecular flexibility index (Phi) is 6.17. The quantitative estimate of drug-likeness (QED) is 0.502. The van der Waals surface area contributed by atoms with Gasteiger partial charge in [-0.3, -0.25) is 0 Å². The highest BCUT2D eigenvalue weighted by Gasteiger charge is 2.12. The van der Waals surface area contributed by atoms with Gasteiger partial charge in [0.25, 0.3) is 0 Å². The lowest BCUT2D eigenvalue weighted by molar-refractivity contribution is 0.141. The lowest BCUT2D eigenvalue weighted by Gasteiger charge is -2.12. The van der Waals surface area contributed by atoms with Gasteiger partial charge in [-0.2, -0.15) is 0 Å². The van der Waals surface area contributed by atoms with Crippen molar-refractivity contribution >= 4 is 22.6 Å². The predicted molar refractivity (Wildman–Crippen MR) is 106 cm³/mol. The molecule has 0 saturated carbocycles. The van der Waals surface area contributed by atoms with Crippen molar-refractivity contribution in [3.63, 3.8) is 0 Å². The van der Waals surface area contributed by atoms with E-state index in [1.807, 2.05) is 31.2 Å². The number of hydrogen-bond donors (Lipinski definition) is 0. The van der Waals surface area contributed by atoms with E-state index in [1.165, 1.54) is 5.56 Å². The number of fused-ring (bicyclic) bond motifs is 1. The van der Waals surface area contributed by atoms with Gasteiger partial charge in [-0.1, -0.05) is 29.3 Å². The molecule has 4 nitrogen and oxygen atoms in total. The van der Waals surface area contributed by atoms with Crippen molar-refractivity contribution in [2.24, 2.45) is 0 Å². The van der Waals surface area contributed by atoms with Crippen LogP contribution in [0.5, 0.6) is 5.75 Å². The molecule has 0 aliphatic carbocycles. The fourth-order valence-corrected chi connectivity index (χ4v) is 3.25. The predicted octanol–water partition coefficient (Wildman–Crippen LogP) is 5.31. The van der Waals surface area contributed by atoms with Crippen molar-refractivity contribution in [3.8, 4) is 5.75 Å². The Morgan fingerprint density at radius 1 is 1.12 bits per heavy atom. The summed E-state index contributed by atoms with van der Waals surface area (Å²) in [5.74, 6) is 1.79. The van der Waals surface area contributed by atoms with Crippen LogP contribution in [0.25, 0.3) is 11.0 Å². The second-order valence-corrected chi connectivity index (χ2v) is 6.86. The van der Waals surface area contributed by atoms with Crippen LogP contribution in [0.4, 0.5) is 0 Å². The van der Waals surface area contributed by atoms with Crippen molar-refractivity contribution in [2.45, 2.75) is 40.3 Å². The van der Waals surface area contributed by atoms with Gasteiger partial charge in [0.05, 0.1) is 11.0 Å². The third-order valence-corrected chi connectivity index (χ3v) is 4.59. The molecule has 138 valence electrons. The van der Waals surface area contributed by atoms with Crippen molar-refractivity contribution in [3.05, 3.63) is 58.4 Å². The molecule has 0 radical (unpaired) electrons. The van der Waals surface area contributed by atoms with E-state index >= 15 is 0 Å². The molecule has 26 heavy (non-hydrogen) atoms. The monoisotopic (exact) mass is 372 g/mol. The first-order valence-corrected chi connectivity index (χ1v) is 9.38. The average Bonchev–Trinajstić information content (AvgIpc) is 2.94. The third kappa shape index (κ3) is 4.37. The summed E-state index contributed by atoms with van der Waals surface area (Å²) in [5.41, 5.74) is 4.33.